The number of aromatic nitrogens is 2. The average Bonchev–Trinajstić information content (AvgIpc) is 2.75. The van der Waals surface area contributed by atoms with Crippen LogP contribution in [-0.2, 0) is 19.3 Å². The summed E-state index contributed by atoms with van der Waals surface area (Å²) in [6.07, 6.45) is 13.4. The molecule has 0 spiro atoms. The highest BCUT2D eigenvalue weighted by Gasteiger charge is 2.11. The van der Waals surface area contributed by atoms with Gasteiger partial charge >= 0.3 is 0 Å². The van der Waals surface area contributed by atoms with E-state index in [2.05, 4.69) is 17.1 Å². The number of aliphatic hydroxyl groups excluding tert-OH is 1. The standard InChI is InChI=1S/C25H27FN2O/c26-21-12-10-20-15-18(17-27-25(20)16-21)9-14-23(29)7-3-2-6-22-13-11-19-5-1-4-8-24(19)28-22/h9-17,23,29H,1-8H2/b14-9+. The Bertz CT molecular complexity index is 1010. The molecule has 2 heterocycles. The molecule has 0 fully saturated rings. The fourth-order valence-corrected chi connectivity index (χ4v) is 3.95. The monoisotopic (exact) mass is 390 g/mol. The van der Waals surface area contributed by atoms with E-state index in [9.17, 15) is 9.50 Å². The first-order valence-electron chi connectivity index (χ1n) is 10.6. The fraction of sp³-hybridized carbons (Fsp3) is 0.360. The molecule has 0 amide bonds. The van der Waals surface area contributed by atoms with E-state index in [1.807, 2.05) is 18.2 Å². The molecule has 2 aromatic heterocycles. The van der Waals surface area contributed by atoms with Crippen molar-refractivity contribution >= 4 is 17.0 Å². The van der Waals surface area contributed by atoms with Crippen LogP contribution in [0.2, 0.25) is 0 Å². The maximum absolute atomic E-state index is 13.2. The minimum atomic E-state index is -0.476. The van der Waals surface area contributed by atoms with Gasteiger partial charge in [-0.2, -0.15) is 0 Å². The van der Waals surface area contributed by atoms with Crippen molar-refractivity contribution in [3.8, 4) is 0 Å². The van der Waals surface area contributed by atoms with Crippen LogP contribution in [0.3, 0.4) is 0 Å². The summed E-state index contributed by atoms with van der Waals surface area (Å²) in [5.41, 5.74) is 5.44. The second kappa shape index (κ2) is 9.27. The molecule has 0 saturated heterocycles. The van der Waals surface area contributed by atoms with Gasteiger partial charge in [0.25, 0.3) is 0 Å². The van der Waals surface area contributed by atoms with Gasteiger partial charge in [-0.15, -0.1) is 0 Å². The summed E-state index contributed by atoms with van der Waals surface area (Å²) < 4.78 is 13.2. The summed E-state index contributed by atoms with van der Waals surface area (Å²) in [5.74, 6) is -0.283. The maximum atomic E-state index is 13.2. The van der Waals surface area contributed by atoms with Crippen LogP contribution in [0.25, 0.3) is 17.0 Å². The fourth-order valence-electron chi connectivity index (χ4n) is 3.95. The summed E-state index contributed by atoms with van der Waals surface area (Å²) in [7, 11) is 0. The Hall–Kier alpha value is -2.59. The first kappa shape index (κ1) is 19.7. The molecular formula is C25H27FN2O. The molecule has 1 N–H and O–H groups in total. The maximum Gasteiger partial charge on any atom is 0.125 e. The van der Waals surface area contributed by atoms with Gasteiger partial charge < -0.3 is 5.11 Å². The highest BCUT2D eigenvalue weighted by atomic mass is 19.1. The van der Waals surface area contributed by atoms with E-state index in [1.54, 1.807) is 12.3 Å². The van der Waals surface area contributed by atoms with Gasteiger partial charge in [0, 0.05) is 29.0 Å². The Labute approximate surface area is 171 Å². The number of hydrogen-bond donors (Lipinski definition) is 1. The van der Waals surface area contributed by atoms with Crippen LogP contribution in [0, 0.1) is 5.82 Å². The smallest absolute Gasteiger partial charge is 0.125 e. The summed E-state index contributed by atoms with van der Waals surface area (Å²) in [6.45, 7) is 0. The third-order valence-electron chi connectivity index (χ3n) is 5.60. The number of aliphatic hydroxyl groups is 1. The van der Waals surface area contributed by atoms with Gasteiger partial charge in [-0.3, -0.25) is 9.97 Å². The van der Waals surface area contributed by atoms with Gasteiger partial charge in [0.05, 0.1) is 11.6 Å². The predicted octanol–water partition coefficient (Wildman–Crippen LogP) is 5.43. The Kier molecular flexibility index (Phi) is 6.30. The van der Waals surface area contributed by atoms with Crippen molar-refractivity contribution in [3.63, 3.8) is 0 Å². The number of pyridine rings is 2. The normalized spacial score (nSPS) is 15.0. The molecule has 150 valence electrons. The van der Waals surface area contributed by atoms with Gasteiger partial charge in [-0.25, -0.2) is 4.39 Å². The number of rotatable bonds is 7. The molecule has 3 nitrogen and oxygen atoms in total. The lowest BCUT2D eigenvalue weighted by Crippen LogP contribution is -2.07. The van der Waals surface area contributed by atoms with Crippen molar-refractivity contribution in [1.82, 2.24) is 9.97 Å². The highest BCUT2D eigenvalue weighted by Crippen LogP contribution is 2.20. The molecule has 29 heavy (non-hydrogen) atoms. The lowest BCUT2D eigenvalue weighted by atomic mass is 9.95. The molecule has 1 aliphatic carbocycles. The number of benzene rings is 1. The van der Waals surface area contributed by atoms with Crippen LogP contribution in [0.5, 0.6) is 0 Å². The third-order valence-corrected chi connectivity index (χ3v) is 5.60. The Balaban J connectivity index is 1.24. The minimum Gasteiger partial charge on any atom is -0.389 e. The summed E-state index contributed by atoms with van der Waals surface area (Å²) in [5, 5.41) is 11.1. The van der Waals surface area contributed by atoms with Gasteiger partial charge in [-0.1, -0.05) is 24.6 Å². The molecule has 1 aromatic carbocycles. The van der Waals surface area contributed by atoms with E-state index in [-0.39, 0.29) is 5.82 Å². The van der Waals surface area contributed by atoms with Crippen LogP contribution in [0.4, 0.5) is 4.39 Å². The highest BCUT2D eigenvalue weighted by molar-refractivity contribution is 5.80. The minimum absolute atomic E-state index is 0.283. The zero-order valence-electron chi connectivity index (χ0n) is 16.6. The summed E-state index contributed by atoms with van der Waals surface area (Å²) in [4.78, 5) is 9.11. The molecule has 0 aliphatic heterocycles. The van der Waals surface area contributed by atoms with Crippen LogP contribution in [0.15, 0.2) is 48.7 Å². The van der Waals surface area contributed by atoms with Gasteiger partial charge in [0.2, 0.25) is 0 Å². The molecule has 1 unspecified atom stereocenters. The van der Waals surface area contributed by atoms with E-state index in [0.29, 0.717) is 5.52 Å². The van der Waals surface area contributed by atoms with Crippen molar-refractivity contribution in [3.05, 3.63) is 77.0 Å². The molecule has 1 atom stereocenters. The lowest BCUT2D eigenvalue weighted by molar-refractivity contribution is 0.209. The van der Waals surface area contributed by atoms with E-state index in [0.717, 1.165) is 43.1 Å². The van der Waals surface area contributed by atoms with Crippen molar-refractivity contribution in [1.29, 1.82) is 0 Å². The average molecular weight is 391 g/mol. The number of halogens is 1. The molecule has 0 bridgehead atoms. The van der Waals surface area contributed by atoms with Crippen LogP contribution < -0.4 is 0 Å². The first-order valence-corrected chi connectivity index (χ1v) is 10.6. The molecule has 4 rings (SSSR count). The Morgan fingerprint density at radius 1 is 1.07 bits per heavy atom. The van der Waals surface area contributed by atoms with Crippen molar-refractivity contribution in [2.24, 2.45) is 0 Å². The number of aryl methyl sites for hydroxylation is 3. The van der Waals surface area contributed by atoms with Gasteiger partial charge in [0.15, 0.2) is 0 Å². The molecule has 3 aromatic rings. The Morgan fingerprint density at radius 3 is 2.90 bits per heavy atom. The van der Waals surface area contributed by atoms with Crippen molar-refractivity contribution in [2.45, 2.75) is 57.5 Å². The molecule has 0 saturated carbocycles. The molecule has 1 aliphatic rings. The molecule has 0 radical (unpaired) electrons. The van der Waals surface area contributed by atoms with E-state index >= 15 is 0 Å². The van der Waals surface area contributed by atoms with Crippen LogP contribution in [0.1, 0.15) is 54.6 Å². The molecular weight excluding hydrogens is 363 g/mol. The Morgan fingerprint density at radius 2 is 1.97 bits per heavy atom. The predicted molar refractivity (Wildman–Crippen MR) is 115 cm³/mol. The van der Waals surface area contributed by atoms with Crippen LogP contribution >= 0.6 is 0 Å². The topological polar surface area (TPSA) is 46.0 Å². The summed E-state index contributed by atoms with van der Waals surface area (Å²) >= 11 is 0. The van der Waals surface area contributed by atoms with Crippen molar-refractivity contribution < 1.29 is 9.50 Å². The largest absolute Gasteiger partial charge is 0.389 e. The second-order valence-electron chi connectivity index (χ2n) is 7.89. The zero-order chi connectivity index (χ0) is 20.1. The van der Waals surface area contributed by atoms with E-state index in [1.165, 1.54) is 48.3 Å². The van der Waals surface area contributed by atoms with Gasteiger partial charge in [-0.05, 0) is 80.3 Å². The third kappa shape index (κ3) is 5.27. The lowest BCUT2D eigenvalue weighted by Gasteiger charge is -2.15. The SMILES string of the molecule is OC(/C=C/c1cnc2cc(F)ccc2c1)CCCCc1ccc2c(n1)CCCC2. The second-order valence-corrected chi connectivity index (χ2v) is 7.89. The number of fused-ring (bicyclic) bond motifs is 2. The summed E-state index contributed by atoms with van der Waals surface area (Å²) in [6, 6.07) is 10.9. The van der Waals surface area contributed by atoms with E-state index in [4.69, 9.17) is 4.98 Å². The number of unbranched alkanes of at least 4 members (excludes halogenated alkanes) is 1. The van der Waals surface area contributed by atoms with Gasteiger partial charge in [0.1, 0.15) is 5.82 Å². The molecule has 4 heteroatoms. The van der Waals surface area contributed by atoms with Crippen molar-refractivity contribution in [2.75, 3.05) is 0 Å². The van der Waals surface area contributed by atoms with E-state index < -0.39 is 6.10 Å². The van der Waals surface area contributed by atoms with Crippen LogP contribution in [-0.4, -0.2) is 21.2 Å². The first-order chi connectivity index (χ1) is 14.2. The zero-order valence-corrected chi connectivity index (χ0v) is 16.6. The number of hydrogen-bond acceptors (Lipinski definition) is 3. The quantitative estimate of drug-likeness (QED) is 0.547. The number of nitrogens with zero attached hydrogens (tertiary/aromatic N) is 2.